The van der Waals surface area contributed by atoms with Crippen LogP contribution in [0.1, 0.15) is 61.3 Å². The van der Waals surface area contributed by atoms with E-state index in [1.54, 1.807) is 12.1 Å². The zero-order valence-electron chi connectivity index (χ0n) is 15.3. The van der Waals surface area contributed by atoms with E-state index in [0.717, 1.165) is 19.4 Å². The lowest BCUT2D eigenvalue weighted by Crippen LogP contribution is -2.31. The van der Waals surface area contributed by atoms with Gasteiger partial charge in [0.15, 0.2) is 5.69 Å². The summed E-state index contributed by atoms with van der Waals surface area (Å²) in [5.74, 6) is 0.338. The summed E-state index contributed by atoms with van der Waals surface area (Å²) in [6.45, 7) is 7.36. The number of hydrogen-bond donors (Lipinski definition) is 0. The number of carbonyl (C=O) groups excluding carboxylic acids is 1. The molecule has 0 spiro atoms. The molecule has 1 aliphatic rings. The summed E-state index contributed by atoms with van der Waals surface area (Å²) in [4.78, 5) is 14.7. The fourth-order valence-electron chi connectivity index (χ4n) is 3.25. The van der Waals surface area contributed by atoms with Gasteiger partial charge in [-0.15, -0.1) is 10.2 Å². The van der Waals surface area contributed by atoms with Gasteiger partial charge in [0, 0.05) is 12.6 Å². The van der Waals surface area contributed by atoms with Crippen molar-refractivity contribution in [3.05, 3.63) is 53.2 Å². The van der Waals surface area contributed by atoms with Gasteiger partial charge in [0.2, 0.25) is 5.88 Å². The van der Waals surface area contributed by atoms with E-state index in [1.807, 2.05) is 4.90 Å². The molecule has 2 heterocycles. The molecule has 2 aromatic rings. The maximum absolute atomic E-state index is 12.8. The Labute approximate surface area is 149 Å². The van der Waals surface area contributed by atoms with Crippen LogP contribution in [-0.2, 0) is 5.41 Å². The summed E-state index contributed by atoms with van der Waals surface area (Å²) in [5, 5.41) is 7.91. The average molecular weight is 339 g/mol. The van der Waals surface area contributed by atoms with Crippen molar-refractivity contribution < 1.29 is 9.53 Å². The summed E-state index contributed by atoms with van der Waals surface area (Å²) in [6.07, 6.45) is 1.98. The molecular weight excluding hydrogens is 314 g/mol. The number of methoxy groups -OCH3 is 1. The van der Waals surface area contributed by atoms with Crippen molar-refractivity contribution in [2.45, 2.75) is 45.1 Å². The highest BCUT2D eigenvalue weighted by atomic mass is 16.5. The summed E-state index contributed by atoms with van der Waals surface area (Å²) >= 11 is 0. The second-order valence-corrected chi connectivity index (χ2v) is 7.49. The van der Waals surface area contributed by atoms with E-state index >= 15 is 0 Å². The van der Waals surface area contributed by atoms with E-state index in [4.69, 9.17) is 4.74 Å². The van der Waals surface area contributed by atoms with Crippen LogP contribution in [0.5, 0.6) is 5.88 Å². The zero-order valence-corrected chi connectivity index (χ0v) is 15.3. The molecule has 5 heteroatoms. The molecule has 1 amide bonds. The predicted molar refractivity (Wildman–Crippen MR) is 96.7 cm³/mol. The third-order valence-electron chi connectivity index (χ3n) is 4.74. The molecule has 0 saturated carbocycles. The number of likely N-dealkylation sites (tertiary alicyclic amines) is 1. The molecule has 0 radical (unpaired) electrons. The Morgan fingerprint density at radius 3 is 2.40 bits per heavy atom. The minimum atomic E-state index is -0.0717. The SMILES string of the molecule is COc1ccc(C(=O)N2CCCC2c2ccc(C(C)(C)C)cc2)nn1. The van der Waals surface area contributed by atoms with Gasteiger partial charge in [-0.05, 0) is 35.4 Å². The van der Waals surface area contributed by atoms with Crippen molar-refractivity contribution in [3.63, 3.8) is 0 Å². The number of rotatable bonds is 3. The molecule has 25 heavy (non-hydrogen) atoms. The normalized spacial score (nSPS) is 17.6. The van der Waals surface area contributed by atoms with Gasteiger partial charge in [-0.1, -0.05) is 45.0 Å². The molecule has 132 valence electrons. The van der Waals surface area contributed by atoms with Crippen LogP contribution < -0.4 is 4.74 Å². The fourth-order valence-corrected chi connectivity index (χ4v) is 3.25. The third-order valence-corrected chi connectivity index (χ3v) is 4.74. The van der Waals surface area contributed by atoms with Gasteiger partial charge in [0.05, 0.1) is 13.2 Å². The van der Waals surface area contributed by atoms with E-state index in [2.05, 4.69) is 55.2 Å². The van der Waals surface area contributed by atoms with Gasteiger partial charge >= 0.3 is 0 Å². The van der Waals surface area contributed by atoms with Gasteiger partial charge in [0.1, 0.15) is 0 Å². The van der Waals surface area contributed by atoms with Gasteiger partial charge in [-0.2, -0.15) is 0 Å². The average Bonchev–Trinajstić information content (AvgIpc) is 3.10. The van der Waals surface area contributed by atoms with Crippen LogP contribution in [0.25, 0.3) is 0 Å². The molecule has 1 unspecified atom stereocenters. The topological polar surface area (TPSA) is 55.3 Å². The summed E-state index contributed by atoms with van der Waals surface area (Å²) in [5.41, 5.74) is 2.97. The van der Waals surface area contributed by atoms with Gasteiger partial charge < -0.3 is 9.64 Å². The van der Waals surface area contributed by atoms with E-state index in [9.17, 15) is 4.79 Å². The van der Waals surface area contributed by atoms with Crippen molar-refractivity contribution in [1.29, 1.82) is 0 Å². The first-order chi connectivity index (χ1) is 11.9. The van der Waals surface area contributed by atoms with Crippen LogP contribution in [0, 0.1) is 0 Å². The molecule has 1 aromatic heterocycles. The summed E-state index contributed by atoms with van der Waals surface area (Å²) < 4.78 is 5.00. The number of ether oxygens (including phenoxy) is 1. The Morgan fingerprint density at radius 2 is 1.84 bits per heavy atom. The number of benzene rings is 1. The highest BCUT2D eigenvalue weighted by Gasteiger charge is 2.31. The number of nitrogens with zero attached hydrogens (tertiary/aromatic N) is 3. The molecule has 3 rings (SSSR count). The van der Waals surface area contributed by atoms with Crippen LogP contribution in [0.15, 0.2) is 36.4 Å². The Morgan fingerprint density at radius 1 is 1.12 bits per heavy atom. The molecule has 0 N–H and O–H groups in total. The quantitative estimate of drug-likeness (QED) is 0.854. The maximum Gasteiger partial charge on any atom is 0.274 e. The van der Waals surface area contributed by atoms with Crippen molar-refractivity contribution in [2.24, 2.45) is 0 Å². The fraction of sp³-hybridized carbons (Fsp3) is 0.450. The first kappa shape index (κ1) is 17.4. The van der Waals surface area contributed by atoms with Crippen molar-refractivity contribution in [2.75, 3.05) is 13.7 Å². The highest BCUT2D eigenvalue weighted by molar-refractivity contribution is 5.92. The highest BCUT2D eigenvalue weighted by Crippen LogP contribution is 2.34. The van der Waals surface area contributed by atoms with Crippen LogP contribution in [0.3, 0.4) is 0 Å². The van der Waals surface area contributed by atoms with E-state index in [1.165, 1.54) is 18.2 Å². The zero-order chi connectivity index (χ0) is 18.0. The second-order valence-electron chi connectivity index (χ2n) is 7.49. The van der Waals surface area contributed by atoms with Crippen LogP contribution >= 0.6 is 0 Å². The van der Waals surface area contributed by atoms with E-state index in [0.29, 0.717) is 11.6 Å². The Hall–Kier alpha value is -2.43. The summed E-state index contributed by atoms with van der Waals surface area (Å²) in [6, 6.07) is 12.1. The van der Waals surface area contributed by atoms with Crippen molar-refractivity contribution in [1.82, 2.24) is 15.1 Å². The Kier molecular flexibility index (Phi) is 4.75. The first-order valence-electron chi connectivity index (χ1n) is 8.69. The minimum Gasteiger partial charge on any atom is -0.480 e. The lowest BCUT2D eigenvalue weighted by molar-refractivity contribution is 0.0728. The number of hydrogen-bond acceptors (Lipinski definition) is 4. The molecule has 1 atom stereocenters. The van der Waals surface area contributed by atoms with Gasteiger partial charge in [-0.25, -0.2) is 0 Å². The maximum atomic E-state index is 12.8. The Balaban J connectivity index is 1.81. The van der Waals surface area contributed by atoms with Crippen LogP contribution in [-0.4, -0.2) is 34.7 Å². The van der Waals surface area contributed by atoms with Crippen LogP contribution in [0.2, 0.25) is 0 Å². The molecule has 1 aromatic carbocycles. The van der Waals surface area contributed by atoms with Gasteiger partial charge in [0.25, 0.3) is 5.91 Å². The molecule has 1 fully saturated rings. The smallest absolute Gasteiger partial charge is 0.274 e. The molecule has 1 aliphatic heterocycles. The van der Waals surface area contributed by atoms with E-state index in [-0.39, 0.29) is 17.4 Å². The monoisotopic (exact) mass is 339 g/mol. The minimum absolute atomic E-state index is 0.0717. The number of amides is 1. The summed E-state index contributed by atoms with van der Waals surface area (Å²) in [7, 11) is 1.53. The van der Waals surface area contributed by atoms with Crippen molar-refractivity contribution in [3.8, 4) is 5.88 Å². The van der Waals surface area contributed by atoms with Crippen LogP contribution in [0.4, 0.5) is 0 Å². The Bertz CT molecular complexity index is 733. The molecular formula is C20H25N3O2. The molecule has 0 bridgehead atoms. The predicted octanol–water partition coefficient (Wildman–Crippen LogP) is 3.76. The standard InChI is InChI=1S/C20H25N3O2/c1-20(2,3)15-9-7-14(8-10-15)17-6-5-13-23(17)19(24)16-11-12-18(25-4)22-21-16/h7-12,17H,5-6,13H2,1-4H3. The lowest BCUT2D eigenvalue weighted by Gasteiger charge is -2.26. The second kappa shape index (κ2) is 6.82. The van der Waals surface area contributed by atoms with E-state index < -0.39 is 0 Å². The first-order valence-corrected chi connectivity index (χ1v) is 8.69. The molecule has 1 saturated heterocycles. The van der Waals surface area contributed by atoms with Crippen molar-refractivity contribution >= 4 is 5.91 Å². The third kappa shape index (κ3) is 3.65. The molecule has 5 nitrogen and oxygen atoms in total. The molecule has 0 aliphatic carbocycles. The number of carbonyl (C=O) groups is 1. The largest absolute Gasteiger partial charge is 0.480 e. The number of aromatic nitrogens is 2. The lowest BCUT2D eigenvalue weighted by atomic mass is 9.86. The van der Waals surface area contributed by atoms with Gasteiger partial charge in [-0.3, -0.25) is 4.79 Å².